The third-order valence-electron chi connectivity index (χ3n) is 5.37. The highest BCUT2D eigenvalue weighted by molar-refractivity contribution is 5.94. The van der Waals surface area contributed by atoms with E-state index in [0.717, 1.165) is 36.1 Å². The third-order valence-corrected chi connectivity index (χ3v) is 5.37. The molecular formula is C25H28FN3O2. The Labute approximate surface area is 182 Å². The lowest BCUT2D eigenvalue weighted by atomic mass is 9.99. The van der Waals surface area contributed by atoms with Gasteiger partial charge in [-0.05, 0) is 61.1 Å². The maximum atomic E-state index is 13.3. The molecule has 0 spiro atoms. The van der Waals surface area contributed by atoms with Gasteiger partial charge >= 0.3 is 0 Å². The molecule has 1 aliphatic heterocycles. The zero-order valence-corrected chi connectivity index (χ0v) is 18.0. The lowest BCUT2D eigenvalue weighted by Gasteiger charge is -2.23. The van der Waals surface area contributed by atoms with Crippen LogP contribution in [0.3, 0.4) is 0 Å². The van der Waals surface area contributed by atoms with Crippen molar-refractivity contribution in [2.75, 3.05) is 13.1 Å². The van der Waals surface area contributed by atoms with E-state index in [0.29, 0.717) is 12.0 Å². The largest absolute Gasteiger partial charge is 0.348 e. The van der Waals surface area contributed by atoms with Gasteiger partial charge in [-0.25, -0.2) is 4.39 Å². The van der Waals surface area contributed by atoms with Crippen LogP contribution in [-0.4, -0.2) is 34.8 Å². The second kappa shape index (κ2) is 10.7. The number of aromatic nitrogens is 1. The van der Waals surface area contributed by atoms with Crippen molar-refractivity contribution >= 4 is 11.8 Å². The molecule has 0 saturated carbocycles. The van der Waals surface area contributed by atoms with E-state index in [9.17, 15) is 14.0 Å². The van der Waals surface area contributed by atoms with Gasteiger partial charge in [0.2, 0.25) is 5.91 Å². The van der Waals surface area contributed by atoms with E-state index in [-0.39, 0.29) is 30.2 Å². The van der Waals surface area contributed by atoms with Crippen molar-refractivity contribution in [1.82, 2.24) is 15.2 Å². The lowest BCUT2D eigenvalue weighted by Crippen LogP contribution is -2.27. The Morgan fingerprint density at radius 1 is 1.23 bits per heavy atom. The SMILES string of the molecule is C/C=C/C(F)=C/CNC(=O)c1cncc(Cc2ccc(C3CCCN3C(C)=O)cc2)c1. The summed E-state index contributed by atoms with van der Waals surface area (Å²) in [6, 6.07) is 10.2. The summed E-state index contributed by atoms with van der Waals surface area (Å²) < 4.78 is 13.3. The van der Waals surface area contributed by atoms with Crippen molar-refractivity contribution in [3.05, 3.63) is 89.0 Å². The zero-order chi connectivity index (χ0) is 22.2. The number of likely N-dealkylation sites (tertiary alicyclic amines) is 1. The van der Waals surface area contributed by atoms with Crippen LogP contribution >= 0.6 is 0 Å². The molecule has 0 radical (unpaired) electrons. The zero-order valence-electron chi connectivity index (χ0n) is 18.0. The molecule has 31 heavy (non-hydrogen) atoms. The van der Waals surface area contributed by atoms with Crippen molar-refractivity contribution in [1.29, 1.82) is 0 Å². The maximum absolute atomic E-state index is 13.3. The minimum absolute atomic E-state index is 0.110. The van der Waals surface area contributed by atoms with Crippen molar-refractivity contribution in [3.8, 4) is 0 Å². The minimum atomic E-state index is -0.387. The number of rotatable bonds is 7. The quantitative estimate of drug-likeness (QED) is 0.669. The van der Waals surface area contributed by atoms with Crippen LogP contribution in [0, 0.1) is 0 Å². The fourth-order valence-electron chi connectivity index (χ4n) is 3.86. The van der Waals surface area contributed by atoms with E-state index >= 15 is 0 Å². The number of hydrogen-bond acceptors (Lipinski definition) is 3. The molecule has 1 aromatic carbocycles. The van der Waals surface area contributed by atoms with Gasteiger partial charge in [-0.1, -0.05) is 30.3 Å². The molecule has 1 aliphatic rings. The van der Waals surface area contributed by atoms with E-state index in [1.165, 1.54) is 18.3 Å². The summed E-state index contributed by atoms with van der Waals surface area (Å²) in [5.74, 6) is -0.560. The third kappa shape index (κ3) is 6.10. The van der Waals surface area contributed by atoms with Gasteiger partial charge in [0.25, 0.3) is 5.91 Å². The summed E-state index contributed by atoms with van der Waals surface area (Å²) in [6.07, 6.45) is 10.2. The van der Waals surface area contributed by atoms with E-state index < -0.39 is 0 Å². The number of nitrogens with one attached hydrogen (secondary N) is 1. The van der Waals surface area contributed by atoms with Crippen LogP contribution in [0.4, 0.5) is 4.39 Å². The Bertz CT molecular complexity index is 983. The number of benzene rings is 1. The van der Waals surface area contributed by atoms with Gasteiger partial charge in [-0.3, -0.25) is 14.6 Å². The molecule has 3 rings (SSSR count). The van der Waals surface area contributed by atoms with Crippen LogP contribution < -0.4 is 5.32 Å². The maximum Gasteiger partial charge on any atom is 0.253 e. The number of hydrogen-bond donors (Lipinski definition) is 1. The Kier molecular flexibility index (Phi) is 7.70. The number of halogens is 1. The van der Waals surface area contributed by atoms with Gasteiger partial charge < -0.3 is 10.2 Å². The first-order valence-corrected chi connectivity index (χ1v) is 10.5. The molecule has 2 aromatic rings. The van der Waals surface area contributed by atoms with Gasteiger partial charge in [0, 0.05) is 32.4 Å². The van der Waals surface area contributed by atoms with Gasteiger partial charge in [0.1, 0.15) is 5.83 Å². The van der Waals surface area contributed by atoms with Gasteiger partial charge in [0.15, 0.2) is 0 Å². The second-order valence-corrected chi connectivity index (χ2v) is 7.67. The molecule has 0 bridgehead atoms. The molecule has 162 valence electrons. The van der Waals surface area contributed by atoms with Crippen LogP contribution in [0.1, 0.15) is 59.8 Å². The molecule has 1 fully saturated rings. The molecule has 1 saturated heterocycles. The summed E-state index contributed by atoms with van der Waals surface area (Å²) in [4.78, 5) is 30.2. The molecule has 1 unspecified atom stereocenters. The standard InChI is InChI=1S/C25H28FN3O2/c1-3-5-23(26)11-12-28-25(31)22-15-20(16-27-17-22)14-19-7-9-21(10-8-19)24-6-4-13-29(24)18(2)30/h3,5,7-11,15-17,24H,4,6,12-14H2,1-2H3,(H,28,31)/b5-3+,23-11-. The first-order valence-electron chi connectivity index (χ1n) is 10.5. The first-order chi connectivity index (χ1) is 15.0. The van der Waals surface area contributed by atoms with E-state index in [1.54, 1.807) is 32.2 Å². The Morgan fingerprint density at radius 2 is 2.00 bits per heavy atom. The topological polar surface area (TPSA) is 62.3 Å². The number of pyridine rings is 1. The Morgan fingerprint density at radius 3 is 2.71 bits per heavy atom. The summed E-state index contributed by atoms with van der Waals surface area (Å²) in [7, 11) is 0. The summed E-state index contributed by atoms with van der Waals surface area (Å²) in [6.45, 7) is 4.28. The number of nitrogens with zero attached hydrogens (tertiary/aromatic N) is 2. The first kappa shape index (κ1) is 22.4. The fraction of sp³-hybridized carbons (Fsp3) is 0.320. The van der Waals surface area contributed by atoms with E-state index in [2.05, 4.69) is 34.6 Å². The second-order valence-electron chi connectivity index (χ2n) is 7.67. The molecular weight excluding hydrogens is 393 g/mol. The summed E-state index contributed by atoms with van der Waals surface area (Å²) in [5.41, 5.74) is 3.62. The smallest absolute Gasteiger partial charge is 0.253 e. The Hall–Kier alpha value is -3.28. The van der Waals surface area contributed by atoms with Crippen LogP contribution in [0.15, 0.2) is 66.8 Å². The fourth-order valence-corrected chi connectivity index (χ4v) is 3.86. The molecule has 1 atom stereocenters. The van der Waals surface area contributed by atoms with Crippen molar-refractivity contribution in [3.63, 3.8) is 0 Å². The monoisotopic (exact) mass is 421 g/mol. The normalized spacial score (nSPS) is 16.7. The van der Waals surface area contributed by atoms with Crippen LogP contribution in [0.25, 0.3) is 0 Å². The molecule has 2 heterocycles. The number of carbonyl (C=O) groups excluding carboxylic acids is 2. The van der Waals surface area contributed by atoms with Gasteiger partial charge in [-0.15, -0.1) is 0 Å². The highest BCUT2D eigenvalue weighted by atomic mass is 19.1. The van der Waals surface area contributed by atoms with Gasteiger partial charge in [0.05, 0.1) is 11.6 Å². The van der Waals surface area contributed by atoms with Crippen molar-refractivity contribution in [2.45, 2.75) is 39.2 Å². The highest BCUT2D eigenvalue weighted by Gasteiger charge is 2.27. The predicted octanol–water partition coefficient (Wildman–Crippen LogP) is 4.52. The molecule has 1 N–H and O–H groups in total. The van der Waals surface area contributed by atoms with E-state index in [1.807, 2.05) is 4.90 Å². The van der Waals surface area contributed by atoms with Crippen molar-refractivity contribution in [2.24, 2.45) is 0 Å². The number of allylic oxidation sites excluding steroid dienone is 3. The molecule has 6 heteroatoms. The molecule has 0 aliphatic carbocycles. The van der Waals surface area contributed by atoms with Gasteiger partial charge in [-0.2, -0.15) is 0 Å². The lowest BCUT2D eigenvalue weighted by molar-refractivity contribution is -0.129. The van der Waals surface area contributed by atoms with Crippen LogP contribution in [-0.2, 0) is 11.2 Å². The van der Waals surface area contributed by atoms with Crippen LogP contribution in [0.2, 0.25) is 0 Å². The van der Waals surface area contributed by atoms with Crippen LogP contribution in [0.5, 0.6) is 0 Å². The summed E-state index contributed by atoms with van der Waals surface area (Å²) >= 11 is 0. The summed E-state index contributed by atoms with van der Waals surface area (Å²) in [5, 5.41) is 2.67. The van der Waals surface area contributed by atoms with E-state index in [4.69, 9.17) is 0 Å². The molecule has 1 aromatic heterocycles. The number of amides is 2. The Balaban J connectivity index is 1.62. The average Bonchev–Trinajstić information content (AvgIpc) is 3.25. The molecule has 2 amide bonds. The highest BCUT2D eigenvalue weighted by Crippen LogP contribution is 2.32. The minimum Gasteiger partial charge on any atom is -0.348 e. The molecule has 5 nitrogen and oxygen atoms in total. The van der Waals surface area contributed by atoms with Crippen molar-refractivity contribution < 1.29 is 14.0 Å². The number of carbonyl (C=O) groups is 2. The predicted molar refractivity (Wildman–Crippen MR) is 119 cm³/mol. The average molecular weight is 422 g/mol.